The Kier molecular flexibility index (Phi) is 21.2. The molecule has 19 nitrogen and oxygen atoms in total. The molecule has 0 bridgehead atoms. The SMILES string of the molecule is COCCOCCOCCOc1ccc(C)cc1NC(=O)c1cc(NC(=O)c2cc([N+](=O)[O-])c(OCCCC(=O)OC(C)(C)C)cc2OCCCC(=O)OC(C)(C)C)c(OC)cc1OC. The third kappa shape index (κ3) is 18.8. The summed E-state index contributed by atoms with van der Waals surface area (Å²) in [6.07, 6.45) is 0.333. The Labute approximate surface area is 379 Å². The van der Waals surface area contributed by atoms with E-state index in [-0.39, 0.29) is 91.9 Å². The average molecular weight is 914 g/mol. The molecule has 65 heavy (non-hydrogen) atoms. The number of esters is 2. The van der Waals surface area contributed by atoms with Crippen molar-refractivity contribution < 1.29 is 71.5 Å². The van der Waals surface area contributed by atoms with Crippen LogP contribution < -0.4 is 34.3 Å². The van der Waals surface area contributed by atoms with Crippen LogP contribution >= 0.6 is 0 Å². The second-order valence-electron chi connectivity index (χ2n) is 16.4. The number of methoxy groups -OCH3 is 3. The van der Waals surface area contributed by atoms with E-state index in [1.165, 1.54) is 32.4 Å². The Hall–Kier alpha value is -6.18. The molecule has 3 aromatic carbocycles. The van der Waals surface area contributed by atoms with Gasteiger partial charge in [-0.2, -0.15) is 0 Å². The quantitative estimate of drug-likeness (QED) is 0.0327. The largest absolute Gasteiger partial charge is 0.496 e. The molecule has 358 valence electrons. The minimum absolute atomic E-state index is 0.00686. The molecule has 0 aliphatic carbocycles. The summed E-state index contributed by atoms with van der Waals surface area (Å²) < 4.78 is 55.4. The number of nitrogens with one attached hydrogen (secondary N) is 2. The number of aryl methyl sites for hydroxylation is 1. The van der Waals surface area contributed by atoms with Crippen molar-refractivity contribution in [1.29, 1.82) is 0 Å². The maximum Gasteiger partial charge on any atom is 0.312 e. The summed E-state index contributed by atoms with van der Waals surface area (Å²) in [5, 5.41) is 17.9. The molecule has 2 N–H and O–H groups in total. The maximum atomic E-state index is 14.2. The van der Waals surface area contributed by atoms with Gasteiger partial charge in [0.05, 0.1) is 87.9 Å². The van der Waals surface area contributed by atoms with Crippen molar-refractivity contribution in [3.05, 3.63) is 69.3 Å². The van der Waals surface area contributed by atoms with E-state index in [1.54, 1.807) is 60.8 Å². The lowest BCUT2D eigenvalue weighted by Crippen LogP contribution is -2.24. The summed E-state index contributed by atoms with van der Waals surface area (Å²) in [5.74, 6) is -2.20. The molecular weight excluding hydrogens is 851 g/mol. The number of carbonyl (C=O) groups excluding carboxylic acids is 4. The van der Waals surface area contributed by atoms with Crippen molar-refractivity contribution in [3.63, 3.8) is 0 Å². The Bertz CT molecular complexity index is 2080. The van der Waals surface area contributed by atoms with E-state index in [9.17, 15) is 29.3 Å². The van der Waals surface area contributed by atoms with Gasteiger partial charge in [0.2, 0.25) is 5.75 Å². The number of rotatable bonds is 27. The van der Waals surface area contributed by atoms with E-state index in [2.05, 4.69) is 10.6 Å². The first-order chi connectivity index (χ1) is 30.7. The van der Waals surface area contributed by atoms with Crippen LogP contribution in [0.5, 0.6) is 28.7 Å². The van der Waals surface area contributed by atoms with Crippen molar-refractivity contribution in [2.24, 2.45) is 0 Å². The molecule has 0 atom stereocenters. The summed E-state index contributed by atoms with van der Waals surface area (Å²) in [7, 11) is 4.30. The summed E-state index contributed by atoms with van der Waals surface area (Å²) in [6.45, 7) is 14.2. The molecule has 0 aliphatic rings. The van der Waals surface area contributed by atoms with Crippen LogP contribution in [-0.2, 0) is 33.3 Å². The van der Waals surface area contributed by atoms with Crippen LogP contribution in [0, 0.1) is 17.0 Å². The standard InChI is InChI=1S/C46H63N3O16/c1-30-15-16-36(63-24-23-60-22-21-59-20-19-56-8)33(25-30)47-43(52)31-26-34(39(58-10)28-37(31)57-9)48-44(53)32-27-35(49(54)55)40(62-18-12-14-42(51)65-46(5,6)7)29-38(32)61-17-11-13-41(50)64-45(2,3)4/h15-16,25-29H,11-14,17-24H2,1-10H3,(H,47,52)(H,48,53). The number of amides is 2. The molecular formula is C46H63N3O16. The topological polar surface area (TPSA) is 228 Å². The lowest BCUT2D eigenvalue weighted by molar-refractivity contribution is -0.385. The molecule has 2 amide bonds. The number of anilines is 2. The number of nitrogens with zero attached hydrogens (tertiary/aromatic N) is 1. The number of hydrogen-bond acceptors (Lipinski definition) is 16. The lowest BCUT2D eigenvalue weighted by atomic mass is 10.1. The summed E-state index contributed by atoms with van der Waals surface area (Å²) in [4.78, 5) is 64.4. The van der Waals surface area contributed by atoms with Crippen molar-refractivity contribution in [2.45, 2.75) is 85.4 Å². The van der Waals surface area contributed by atoms with Gasteiger partial charge < -0.3 is 58.0 Å². The van der Waals surface area contributed by atoms with Gasteiger partial charge in [-0.25, -0.2) is 0 Å². The fourth-order valence-corrected chi connectivity index (χ4v) is 5.78. The monoisotopic (exact) mass is 913 g/mol. The van der Waals surface area contributed by atoms with Crippen LogP contribution in [0.15, 0.2) is 42.5 Å². The molecule has 0 spiro atoms. The van der Waals surface area contributed by atoms with Crippen molar-refractivity contribution in [1.82, 2.24) is 0 Å². The normalized spacial score (nSPS) is 11.3. The molecule has 3 aromatic rings. The number of hydrogen-bond donors (Lipinski definition) is 2. The molecule has 0 unspecified atom stereocenters. The predicted octanol–water partition coefficient (Wildman–Crippen LogP) is 7.48. The zero-order chi connectivity index (χ0) is 48.2. The summed E-state index contributed by atoms with van der Waals surface area (Å²) >= 11 is 0. The predicted molar refractivity (Wildman–Crippen MR) is 240 cm³/mol. The van der Waals surface area contributed by atoms with Gasteiger partial charge in [-0.1, -0.05) is 6.07 Å². The average Bonchev–Trinajstić information content (AvgIpc) is 3.22. The van der Waals surface area contributed by atoms with Crippen LogP contribution in [0.2, 0.25) is 0 Å². The number of carbonyl (C=O) groups is 4. The van der Waals surface area contributed by atoms with Gasteiger partial charge >= 0.3 is 17.6 Å². The van der Waals surface area contributed by atoms with Crippen molar-refractivity contribution in [3.8, 4) is 28.7 Å². The van der Waals surface area contributed by atoms with Crippen molar-refractivity contribution in [2.75, 3.05) is 84.8 Å². The summed E-state index contributed by atoms with van der Waals surface area (Å²) in [6, 6.07) is 10.2. The van der Waals surface area contributed by atoms with Gasteiger partial charge in [-0.05, 0) is 85.1 Å². The molecule has 0 saturated heterocycles. The van der Waals surface area contributed by atoms with Gasteiger partial charge in [0, 0.05) is 38.2 Å². The third-order valence-electron chi connectivity index (χ3n) is 8.59. The molecule has 0 aliphatic heterocycles. The lowest BCUT2D eigenvalue weighted by Gasteiger charge is -2.20. The fraction of sp³-hybridized carbons (Fsp3) is 0.522. The van der Waals surface area contributed by atoms with Crippen LogP contribution in [0.1, 0.15) is 93.5 Å². The van der Waals surface area contributed by atoms with E-state index < -0.39 is 45.6 Å². The Morgan fingerprint density at radius 1 is 0.569 bits per heavy atom. The molecule has 0 aromatic heterocycles. The highest BCUT2D eigenvalue weighted by Crippen LogP contribution is 2.38. The molecule has 19 heteroatoms. The summed E-state index contributed by atoms with van der Waals surface area (Å²) in [5.41, 5.74) is -1.04. The number of ether oxygens (including phenoxy) is 10. The Morgan fingerprint density at radius 3 is 1.57 bits per heavy atom. The van der Waals surface area contributed by atoms with Crippen molar-refractivity contribution >= 4 is 40.8 Å². The molecule has 3 rings (SSSR count). The van der Waals surface area contributed by atoms with E-state index >= 15 is 0 Å². The van der Waals surface area contributed by atoms with E-state index in [4.69, 9.17) is 47.4 Å². The van der Waals surface area contributed by atoms with Gasteiger partial charge in [0.25, 0.3) is 11.8 Å². The van der Waals surface area contributed by atoms with Gasteiger partial charge in [-0.3, -0.25) is 29.3 Å². The first kappa shape index (κ1) is 53.2. The van der Waals surface area contributed by atoms with E-state index in [0.717, 1.165) is 11.6 Å². The second kappa shape index (κ2) is 25.9. The van der Waals surface area contributed by atoms with Crippen LogP contribution in [0.25, 0.3) is 0 Å². The fourth-order valence-electron chi connectivity index (χ4n) is 5.78. The molecule has 0 fully saturated rings. The highest BCUT2D eigenvalue weighted by atomic mass is 16.6. The third-order valence-corrected chi connectivity index (χ3v) is 8.59. The van der Waals surface area contributed by atoms with E-state index in [1.807, 2.05) is 13.0 Å². The van der Waals surface area contributed by atoms with Gasteiger partial charge in [0.15, 0.2) is 0 Å². The smallest absolute Gasteiger partial charge is 0.312 e. The van der Waals surface area contributed by atoms with Gasteiger partial charge in [-0.15, -0.1) is 0 Å². The van der Waals surface area contributed by atoms with E-state index in [0.29, 0.717) is 37.9 Å². The number of benzene rings is 3. The maximum absolute atomic E-state index is 14.2. The van der Waals surface area contributed by atoms with Crippen LogP contribution in [0.4, 0.5) is 17.1 Å². The van der Waals surface area contributed by atoms with Gasteiger partial charge in [0.1, 0.15) is 40.8 Å². The first-order valence-electron chi connectivity index (χ1n) is 21.0. The zero-order valence-electron chi connectivity index (χ0n) is 39.0. The molecule has 0 radical (unpaired) electrons. The second-order valence-corrected chi connectivity index (χ2v) is 16.4. The molecule has 0 saturated carbocycles. The molecule has 0 heterocycles. The van der Waals surface area contributed by atoms with Crippen LogP contribution in [0.3, 0.4) is 0 Å². The number of nitro benzene ring substituents is 1. The minimum atomic E-state index is -0.875. The Balaban J connectivity index is 1.90. The first-order valence-corrected chi connectivity index (χ1v) is 21.0. The van der Waals surface area contributed by atoms with Crippen LogP contribution in [-0.4, -0.2) is 114 Å². The number of nitro groups is 1. The highest BCUT2D eigenvalue weighted by molar-refractivity contribution is 6.11. The minimum Gasteiger partial charge on any atom is -0.496 e. The Morgan fingerprint density at radius 2 is 1.05 bits per heavy atom. The highest BCUT2D eigenvalue weighted by Gasteiger charge is 2.27. The zero-order valence-corrected chi connectivity index (χ0v) is 39.0.